The quantitative estimate of drug-likeness (QED) is 0.904. The normalized spacial score (nSPS) is 26.3. The predicted molar refractivity (Wildman–Crippen MR) is 84.4 cm³/mol. The lowest BCUT2D eigenvalue weighted by Gasteiger charge is -2.39. The Labute approximate surface area is 131 Å². The van der Waals surface area contributed by atoms with Gasteiger partial charge < -0.3 is 10.0 Å². The van der Waals surface area contributed by atoms with E-state index < -0.39 is 5.60 Å². The highest BCUT2D eigenvalue weighted by molar-refractivity contribution is 5.85. The van der Waals surface area contributed by atoms with Gasteiger partial charge in [-0.3, -0.25) is 14.7 Å². The minimum atomic E-state index is -1.19. The molecular formula is C17H25N3O2. The van der Waals surface area contributed by atoms with E-state index in [2.05, 4.69) is 9.88 Å². The number of nitrogens with zero attached hydrogens (tertiary/aromatic N) is 3. The van der Waals surface area contributed by atoms with Crippen LogP contribution in [-0.4, -0.2) is 64.1 Å². The molecule has 0 aliphatic carbocycles. The molecule has 120 valence electrons. The van der Waals surface area contributed by atoms with Gasteiger partial charge in [0.2, 0.25) is 0 Å². The van der Waals surface area contributed by atoms with Crippen LogP contribution in [0.3, 0.4) is 0 Å². The molecule has 5 nitrogen and oxygen atoms in total. The first-order valence-corrected chi connectivity index (χ1v) is 8.31. The molecule has 0 unspecified atom stereocenters. The summed E-state index contributed by atoms with van der Waals surface area (Å²) in [7, 11) is 0. The minimum absolute atomic E-state index is 0.0625. The molecule has 1 aromatic heterocycles. The average molecular weight is 303 g/mol. The van der Waals surface area contributed by atoms with Crippen LogP contribution in [-0.2, 0) is 11.2 Å². The van der Waals surface area contributed by atoms with Gasteiger partial charge in [-0.25, -0.2) is 0 Å². The Morgan fingerprint density at radius 3 is 2.77 bits per heavy atom. The molecule has 1 atom stereocenters. The van der Waals surface area contributed by atoms with Crippen LogP contribution in [0.25, 0.3) is 0 Å². The maximum Gasteiger partial charge on any atom is 0.255 e. The lowest BCUT2D eigenvalue weighted by molar-refractivity contribution is -0.156. The second-order valence-electron chi connectivity index (χ2n) is 6.48. The lowest BCUT2D eigenvalue weighted by atomic mass is 9.91. The van der Waals surface area contributed by atoms with Crippen LogP contribution in [0, 0.1) is 0 Å². The molecule has 0 spiro atoms. The van der Waals surface area contributed by atoms with Gasteiger partial charge >= 0.3 is 0 Å². The number of carbonyl (C=O) groups is 1. The zero-order valence-corrected chi connectivity index (χ0v) is 13.1. The summed E-state index contributed by atoms with van der Waals surface area (Å²) in [5.41, 5.74) is -0.130. The summed E-state index contributed by atoms with van der Waals surface area (Å²) in [6.45, 7) is 3.84. The van der Waals surface area contributed by atoms with E-state index >= 15 is 0 Å². The Morgan fingerprint density at radius 1 is 1.23 bits per heavy atom. The van der Waals surface area contributed by atoms with Gasteiger partial charge in [-0.1, -0.05) is 6.07 Å². The average Bonchev–Trinajstić information content (AvgIpc) is 3.08. The first-order valence-electron chi connectivity index (χ1n) is 8.31. The van der Waals surface area contributed by atoms with Crippen LogP contribution < -0.4 is 0 Å². The van der Waals surface area contributed by atoms with Crippen molar-refractivity contribution in [2.75, 3.05) is 32.7 Å². The third kappa shape index (κ3) is 3.47. The van der Waals surface area contributed by atoms with Crippen molar-refractivity contribution in [3.63, 3.8) is 0 Å². The third-order valence-corrected chi connectivity index (χ3v) is 4.75. The highest BCUT2D eigenvalue weighted by Gasteiger charge is 2.43. The topological polar surface area (TPSA) is 56.7 Å². The van der Waals surface area contributed by atoms with E-state index in [4.69, 9.17) is 0 Å². The van der Waals surface area contributed by atoms with Crippen molar-refractivity contribution < 1.29 is 9.90 Å². The van der Waals surface area contributed by atoms with E-state index in [0.29, 0.717) is 13.0 Å². The number of amides is 1. The second-order valence-corrected chi connectivity index (χ2v) is 6.48. The maximum atomic E-state index is 12.6. The van der Waals surface area contributed by atoms with E-state index in [0.717, 1.165) is 57.6 Å². The summed E-state index contributed by atoms with van der Waals surface area (Å²) >= 11 is 0. The summed E-state index contributed by atoms with van der Waals surface area (Å²) in [5.74, 6) is -0.0625. The number of piperidine rings is 1. The van der Waals surface area contributed by atoms with Gasteiger partial charge in [0.25, 0.3) is 5.91 Å². The molecule has 1 amide bonds. The van der Waals surface area contributed by atoms with Crippen LogP contribution in [0.4, 0.5) is 0 Å². The molecular weight excluding hydrogens is 278 g/mol. The molecule has 2 fully saturated rings. The number of β-amino-alcohol motifs (C(OH)–C–C–N with tert-alkyl or cyclic N) is 1. The van der Waals surface area contributed by atoms with E-state index in [9.17, 15) is 9.90 Å². The second kappa shape index (κ2) is 6.75. The molecule has 5 heteroatoms. The van der Waals surface area contributed by atoms with Crippen molar-refractivity contribution >= 4 is 5.91 Å². The fourth-order valence-electron chi connectivity index (χ4n) is 3.52. The summed E-state index contributed by atoms with van der Waals surface area (Å²) in [6.07, 6.45) is 6.24. The Balaban J connectivity index is 1.57. The number of pyridine rings is 1. The van der Waals surface area contributed by atoms with Crippen molar-refractivity contribution in [1.82, 2.24) is 14.8 Å². The van der Waals surface area contributed by atoms with Gasteiger partial charge in [0.05, 0.1) is 0 Å². The molecule has 2 aliphatic rings. The van der Waals surface area contributed by atoms with Crippen molar-refractivity contribution in [3.05, 3.63) is 30.1 Å². The van der Waals surface area contributed by atoms with Crippen LogP contribution in [0.1, 0.15) is 31.4 Å². The van der Waals surface area contributed by atoms with Gasteiger partial charge in [0.15, 0.2) is 5.60 Å². The van der Waals surface area contributed by atoms with Crippen molar-refractivity contribution in [1.29, 1.82) is 0 Å². The third-order valence-electron chi connectivity index (χ3n) is 4.75. The Bertz CT molecular complexity index is 502. The number of rotatable bonds is 4. The molecule has 0 radical (unpaired) electrons. The van der Waals surface area contributed by atoms with E-state index in [1.54, 1.807) is 6.20 Å². The SMILES string of the molecule is O=C(N1CCCC1)[C@]1(O)CCCN(CCc2ccccn2)C1. The summed E-state index contributed by atoms with van der Waals surface area (Å²) in [5, 5.41) is 10.8. The number of carbonyl (C=O) groups excluding carboxylic acids is 1. The molecule has 0 bridgehead atoms. The van der Waals surface area contributed by atoms with E-state index in [-0.39, 0.29) is 5.91 Å². The highest BCUT2D eigenvalue weighted by atomic mass is 16.3. The molecule has 0 aromatic carbocycles. The Kier molecular flexibility index (Phi) is 4.74. The standard InChI is InChI=1S/C17H25N3O2/c21-16(20-11-3-4-12-20)17(22)8-5-10-19(14-17)13-7-15-6-1-2-9-18-15/h1-2,6,9,22H,3-5,7-8,10-14H2/t17-/m0/s1. The van der Waals surface area contributed by atoms with Gasteiger partial charge in [-0.15, -0.1) is 0 Å². The zero-order valence-electron chi connectivity index (χ0n) is 13.1. The van der Waals surface area contributed by atoms with E-state index in [1.807, 2.05) is 23.1 Å². The number of aliphatic hydroxyl groups is 1. The van der Waals surface area contributed by atoms with Crippen molar-refractivity contribution in [3.8, 4) is 0 Å². The Morgan fingerprint density at radius 2 is 2.05 bits per heavy atom. The summed E-state index contributed by atoms with van der Waals surface area (Å²) in [6, 6.07) is 5.93. The van der Waals surface area contributed by atoms with Gasteiger partial charge in [0, 0.05) is 44.5 Å². The maximum absolute atomic E-state index is 12.6. The predicted octanol–water partition coefficient (Wildman–Crippen LogP) is 1.07. The molecule has 3 rings (SSSR count). The highest BCUT2D eigenvalue weighted by Crippen LogP contribution is 2.25. The summed E-state index contributed by atoms with van der Waals surface area (Å²) < 4.78 is 0. The first kappa shape index (κ1) is 15.4. The zero-order chi connectivity index (χ0) is 15.4. The molecule has 3 heterocycles. The van der Waals surface area contributed by atoms with Crippen LogP contribution >= 0.6 is 0 Å². The largest absolute Gasteiger partial charge is 0.379 e. The molecule has 0 saturated carbocycles. The smallest absolute Gasteiger partial charge is 0.255 e. The number of hydrogen-bond donors (Lipinski definition) is 1. The fourth-order valence-corrected chi connectivity index (χ4v) is 3.52. The van der Waals surface area contributed by atoms with Gasteiger partial charge in [-0.2, -0.15) is 0 Å². The van der Waals surface area contributed by atoms with E-state index in [1.165, 1.54) is 0 Å². The molecule has 1 aromatic rings. The Hall–Kier alpha value is -1.46. The number of aromatic nitrogens is 1. The van der Waals surface area contributed by atoms with Crippen molar-refractivity contribution in [2.45, 2.75) is 37.7 Å². The molecule has 2 aliphatic heterocycles. The van der Waals surface area contributed by atoms with Crippen LogP contribution in [0.5, 0.6) is 0 Å². The molecule has 1 N–H and O–H groups in total. The van der Waals surface area contributed by atoms with Crippen LogP contribution in [0.15, 0.2) is 24.4 Å². The monoisotopic (exact) mass is 303 g/mol. The first-order chi connectivity index (χ1) is 10.7. The minimum Gasteiger partial charge on any atom is -0.379 e. The van der Waals surface area contributed by atoms with Crippen LogP contribution in [0.2, 0.25) is 0 Å². The number of hydrogen-bond acceptors (Lipinski definition) is 4. The van der Waals surface area contributed by atoms with Gasteiger partial charge in [-0.05, 0) is 44.4 Å². The number of likely N-dealkylation sites (tertiary alicyclic amines) is 2. The molecule has 22 heavy (non-hydrogen) atoms. The summed E-state index contributed by atoms with van der Waals surface area (Å²) in [4.78, 5) is 20.9. The van der Waals surface area contributed by atoms with Crippen molar-refractivity contribution in [2.24, 2.45) is 0 Å². The lowest BCUT2D eigenvalue weighted by Crippen LogP contribution is -2.57. The fraction of sp³-hybridized carbons (Fsp3) is 0.647. The van der Waals surface area contributed by atoms with Gasteiger partial charge in [0.1, 0.15) is 0 Å². The molecule has 2 saturated heterocycles.